The van der Waals surface area contributed by atoms with Gasteiger partial charge < -0.3 is 5.73 Å². The van der Waals surface area contributed by atoms with Crippen molar-refractivity contribution in [1.29, 1.82) is 0 Å². The van der Waals surface area contributed by atoms with Gasteiger partial charge in [-0.3, -0.25) is 0 Å². The minimum atomic E-state index is 0.791. The molecule has 0 aromatic heterocycles. The Morgan fingerprint density at radius 1 is 0.444 bits per heavy atom. The van der Waals surface area contributed by atoms with Crippen LogP contribution in [0.1, 0.15) is 12.5 Å². The van der Waals surface area contributed by atoms with Crippen molar-refractivity contribution in [2.75, 3.05) is 5.73 Å². The van der Waals surface area contributed by atoms with E-state index in [1.54, 1.807) is 0 Å². The molecule has 4 rings (SSSR count). The largest absolute Gasteiger partial charge is 0.399 e. The Balaban J connectivity index is 1.55. The molecule has 27 heavy (non-hydrogen) atoms. The predicted octanol–water partition coefficient (Wildman–Crippen LogP) is 6.83. The van der Waals surface area contributed by atoms with Crippen LogP contribution in [0, 0.1) is 0 Å². The molecule has 0 spiro atoms. The third-order valence-electron chi connectivity index (χ3n) is 5.04. The first-order chi connectivity index (χ1) is 13.2. The molecule has 0 amide bonds. The molecule has 4 aromatic rings. The van der Waals surface area contributed by atoms with Crippen molar-refractivity contribution in [3.63, 3.8) is 0 Å². The Bertz CT molecular complexity index is 1010. The topological polar surface area (TPSA) is 26.0 Å². The number of nitrogen functional groups attached to an aromatic ring is 1. The van der Waals surface area contributed by atoms with Gasteiger partial charge in [0.1, 0.15) is 0 Å². The SMILES string of the molecule is CCc1ccc(-c2ccc(-c3ccc(-c4ccc(N)cc4)cc3)cc2)cc1. The molecule has 0 radical (unpaired) electrons. The van der Waals surface area contributed by atoms with Crippen molar-refractivity contribution in [3.05, 3.63) is 103 Å². The van der Waals surface area contributed by atoms with E-state index in [4.69, 9.17) is 5.73 Å². The first-order valence-electron chi connectivity index (χ1n) is 9.38. The summed E-state index contributed by atoms with van der Waals surface area (Å²) in [6.45, 7) is 2.18. The van der Waals surface area contributed by atoms with E-state index in [0.29, 0.717) is 0 Å². The van der Waals surface area contributed by atoms with Crippen molar-refractivity contribution >= 4 is 5.69 Å². The first kappa shape index (κ1) is 17.1. The molecule has 0 atom stereocenters. The number of rotatable bonds is 4. The van der Waals surface area contributed by atoms with Gasteiger partial charge in [-0.05, 0) is 57.5 Å². The van der Waals surface area contributed by atoms with Crippen LogP contribution in [0.3, 0.4) is 0 Å². The number of anilines is 1. The number of benzene rings is 4. The zero-order valence-electron chi connectivity index (χ0n) is 15.5. The fraction of sp³-hybridized carbons (Fsp3) is 0.0769. The highest BCUT2D eigenvalue weighted by Gasteiger charge is 2.02. The van der Waals surface area contributed by atoms with Crippen LogP contribution in [0.15, 0.2) is 97.1 Å². The quantitative estimate of drug-likeness (QED) is 0.401. The summed E-state index contributed by atoms with van der Waals surface area (Å²) in [5, 5.41) is 0. The molecule has 0 aliphatic carbocycles. The van der Waals surface area contributed by atoms with Gasteiger partial charge in [0.2, 0.25) is 0 Å². The highest BCUT2D eigenvalue weighted by atomic mass is 14.5. The Morgan fingerprint density at radius 2 is 0.704 bits per heavy atom. The van der Waals surface area contributed by atoms with Crippen molar-refractivity contribution in [2.45, 2.75) is 13.3 Å². The van der Waals surface area contributed by atoms with Gasteiger partial charge in [-0.2, -0.15) is 0 Å². The second kappa shape index (κ2) is 7.51. The molecular formula is C26H23N. The minimum Gasteiger partial charge on any atom is -0.399 e. The molecule has 0 heterocycles. The van der Waals surface area contributed by atoms with E-state index >= 15 is 0 Å². The minimum absolute atomic E-state index is 0.791. The molecule has 1 nitrogen and oxygen atoms in total. The zero-order valence-corrected chi connectivity index (χ0v) is 15.5. The molecule has 4 aromatic carbocycles. The van der Waals surface area contributed by atoms with Gasteiger partial charge >= 0.3 is 0 Å². The van der Waals surface area contributed by atoms with Crippen molar-refractivity contribution in [2.24, 2.45) is 0 Å². The predicted molar refractivity (Wildman–Crippen MR) is 117 cm³/mol. The van der Waals surface area contributed by atoms with Crippen LogP contribution in [0.4, 0.5) is 5.69 Å². The monoisotopic (exact) mass is 349 g/mol. The first-order valence-corrected chi connectivity index (χ1v) is 9.38. The van der Waals surface area contributed by atoms with Gasteiger partial charge in [-0.25, -0.2) is 0 Å². The van der Waals surface area contributed by atoms with Crippen molar-refractivity contribution in [1.82, 2.24) is 0 Å². The lowest BCUT2D eigenvalue weighted by atomic mass is 9.97. The number of nitrogens with two attached hydrogens (primary N) is 1. The normalized spacial score (nSPS) is 10.7. The Hall–Kier alpha value is -3.32. The summed E-state index contributed by atoms with van der Waals surface area (Å²) in [7, 11) is 0. The van der Waals surface area contributed by atoms with E-state index in [-0.39, 0.29) is 0 Å². The van der Waals surface area contributed by atoms with E-state index in [9.17, 15) is 0 Å². The van der Waals surface area contributed by atoms with E-state index in [1.807, 2.05) is 12.1 Å². The van der Waals surface area contributed by atoms with Crippen LogP contribution in [-0.4, -0.2) is 0 Å². The van der Waals surface area contributed by atoms with E-state index in [2.05, 4.69) is 91.9 Å². The summed E-state index contributed by atoms with van der Waals surface area (Å²) < 4.78 is 0. The highest BCUT2D eigenvalue weighted by molar-refractivity contribution is 5.73. The van der Waals surface area contributed by atoms with Gasteiger partial charge in [-0.15, -0.1) is 0 Å². The van der Waals surface area contributed by atoms with E-state index in [1.165, 1.54) is 38.9 Å². The summed E-state index contributed by atoms with van der Waals surface area (Å²) in [6.07, 6.45) is 1.07. The zero-order chi connectivity index (χ0) is 18.6. The number of hydrogen-bond acceptors (Lipinski definition) is 1. The highest BCUT2D eigenvalue weighted by Crippen LogP contribution is 2.28. The summed E-state index contributed by atoms with van der Waals surface area (Å²) in [6, 6.07) is 34.3. The average Bonchev–Trinajstić information content (AvgIpc) is 2.75. The molecule has 2 N–H and O–H groups in total. The summed E-state index contributed by atoms with van der Waals surface area (Å²) in [5.74, 6) is 0. The van der Waals surface area contributed by atoms with Gasteiger partial charge in [0.25, 0.3) is 0 Å². The van der Waals surface area contributed by atoms with Crippen LogP contribution in [0.25, 0.3) is 33.4 Å². The fourth-order valence-corrected chi connectivity index (χ4v) is 3.32. The lowest BCUT2D eigenvalue weighted by Gasteiger charge is -2.07. The molecule has 1 heteroatoms. The van der Waals surface area contributed by atoms with Crippen LogP contribution < -0.4 is 5.73 Å². The lowest BCUT2D eigenvalue weighted by molar-refractivity contribution is 1.14. The molecule has 132 valence electrons. The van der Waals surface area contributed by atoms with Gasteiger partial charge in [-0.1, -0.05) is 91.9 Å². The van der Waals surface area contributed by atoms with Gasteiger partial charge in [0.15, 0.2) is 0 Å². The second-order valence-corrected chi connectivity index (χ2v) is 6.83. The van der Waals surface area contributed by atoms with Gasteiger partial charge in [0.05, 0.1) is 0 Å². The molecule has 0 saturated heterocycles. The molecule has 0 unspecified atom stereocenters. The average molecular weight is 349 g/mol. The number of hydrogen-bond donors (Lipinski definition) is 1. The van der Waals surface area contributed by atoms with E-state index < -0.39 is 0 Å². The molecular weight excluding hydrogens is 326 g/mol. The summed E-state index contributed by atoms with van der Waals surface area (Å²) in [4.78, 5) is 0. The molecule has 0 saturated carbocycles. The molecule has 0 fully saturated rings. The molecule has 0 aliphatic heterocycles. The molecule has 0 bridgehead atoms. The van der Waals surface area contributed by atoms with Crippen molar-refractivity contribution in [3.8, 4) is 33.4 Å². The van der Waals surface area contributed by atoms with Crippen LogP contribution in [0.2, 0.25) is 0 Å². The Morgan fingerprint density at radius 3 is 1.00 bits per heavy atom. The third kappa shape index (κ3) is 3.78. The van der Waals surface area contributed by atoms with Crippen molar-refractivity contribution < 1.29 is 0 Å². The van der Waals surface area contributed by atoms with Gasteiger partial charge in [0, 0.05) is 5.69 Å². The van der Waals surface area contributed by atoms with Crippen LogP contribution >= 0.6 is 0 Å². The lowest BCUT2D eigenvalue weighted by Crippen LogP contribution is -1.85. The third-order valence-corrected chi connectivity index (χ3v) is 5.04. The number of aryl methyl sites for hydroxylation is 1. The Kier molecular flexibility index (Phi) is 4.76. The molecule has 0 aliphatic rings. The smallest absolute Gasteiger partial charge is 0.0314 e. The second-order valence-electron chi connectivity index (χ2n) is 6.83. The fourth-order valence-electron chi connectivity index (χ4n) is 3.32. The van der Waals surface area contributed by atoms with Crippen LogP contribution in [0.5, 0.6) is 0 Å². The summed E-state index contributed by atoms with van der Waals surface area (Å²) >= 11 is 0. The Labute approximate surface area is 161 Å². The van der Waals surface area contributed by atoms with Crippen LogP contribution in [-0.2, 0) is 6.42 Å². The standard InChI is InChI=1S/C26H23N/c1-2-19-3-5-20(6-4-19)21-7-9-22(10-8-21)23-11-13-24(14-12-23)25-15-17-26(27)18-16-25/h3-18H,2,27H2,1H3. The maximum atomic E-state index is 5.77. The van der Waals surface area contributed by atoms with E-state index in [0.717, 1.165) is 12.1 Å². The maximum absolute atomic E-state index is 5.77. The summed E-state index contributed by atoms with van der Waals surface area (Å²) in [5.41, 5.74) is 15.3. The maximum Gasteiger partial charge on any atom is 0.0314 e.